The average molecular weight is 390 g/mol. The normalized spacial score (nSPS) is 13.4. The maximum absolute atomic E-state index is 12.8. The SMILES string of the molecule is CC[C@H](C)N(Cc1ccc(OS(=O)(=O)CC)cc1)C(=O)C(C)(C)CCl. The van der Waals surface area contributed by atoms with E-state index in [1.165, 1.54) is 6.92 Å². The summed E-state index contributed by atoms with van der Waals surface area (Å²) in [7, 11) is -3.54. The minimum Gasteiger partial charge on any atom is -0.382 e. The highest BCUT2D eigenvalue weighted by Crippen LogP contribution is 2.25. The molecule has 0 fully saturated rings. The second kappa shape index (κ2) is 8.90. The van der Waals surface area contributed by atoms with E-state index in [9.17, 15) is 13.2 Å². The van der Waals surface area contributed by atoms with Crippen LogP contribution < -0.4 is 4.18 Å². The Morgan fingerprint density at radius 3 is 2.24 bits per heavy atom. The summed E-state index contributed by atoms with van der Waals surface area (Å²) in [5.41, 5.74) is 0.267. The molecule has 1 atom stereocenters. The van der Waals surface area contributed by atoms with Crippen molar-refractivity contribution in [1.82, 2.24) is 4.90 Å². The maximum Gasteiger partial charge on any atom is 0.308 e. The summed E-state index contributed by atoms with van der Waals surface area (Å²) in [5.74, 6) is 0.442. The number of hydrogen-bond acceptors (Lipinski definition) is 4. The standard InChI is InChI=1S/C18H28ClNO4S/c1-6-14(3)20(17(21)18(4,5)13-19)12-15-8-10-16(11-9-15)24-25(22,23)7-2/h8-11,14H,6-7,12-13H2,1-5H3/t14-/m0/s1. The molecule has 0 heterocycles. The topological polar surface area (TPSA) is 63.7 Å². The van der Waals surface area contributed by atoms with E-state index in [0.29, 0.717) is 6.54 Å². The Bertz CT molecular complexity index is 671. The Morgan fingerprint density at radius 1 is 1.24 bits per heavy atom. The predicted molar refractivity (Wildman–Crippen MR) is 101 cm³/mol. The summed E-state index contributed by atoms with van der Waals surface area (Å²) in [6, 6.07) is 6.84. The molecular weight excluding hydrogens is 362 g/mol. The zero-order chi connectivity index (χ0) is 19.3. The fourth-order valence-electron chi connectivity index (χ4n) is 2.15. The second-order valence-electron chi connectivity index (χ2n) is 6.78. The maximum atomic E-state index is 12.8. The first-order valence-electron chi connectivity index (χ1n) is 8.44. The first-order chi connectivity index (χ1) is 11.6. The number of rotatable bonds is 9. The van der Waals surface area contributed by atoms with Crippen LogP contribution in [0.1, 0.15) is 46.6 Å². The van der Waals surface area contributed by atoms with Crippen LogP contribution in [0.3, 0.4) is 0 Å². The van der Waals surface area contributed by atoms with E-state index >= 15 is 0 Å². The van der Waals surface area contributed by atoms with Gasteiger partial charge in [0, 0.05) is 18.5 Å². The molecule has 0 N–H and O–H groups in total. The number of amides is 1. The number of hydrogen-bond donors (Lipinski definition) is 0. The van der Waals surface area contributed by atoms with Crippen molar-refractivity contribution in [3.05, 3.63) is 29.8 Å². The molecule has 142 valence electrons. The molecule has 1 aromatic rings. The van der Waals surface area contributed by atoms with Gasteiger partial charge in [0.05, 0.1) is 11.2 Å². The molecule has 25 heavy (non-hydrogen) atoms. The van der Waals surface area contributed by atoms with Gasteiger partial charge in [0.2, 0.25) is 5.91 Å². The molecule has 0 aromatic heterocycles. The molecule has 7 heteroatoms. The molecule has 1 rings (SSSR count). The van der Waals surface area contributed by atoms with Crippen LogP contribution in [0.15, 0.2) is 24.3 Å². The van der Waals surface area contributed by atoms with Gasteiger partial charge in [-0.3, -0.25) is 4.79 Å². The van der Waals surface area contributed by atoms with Crippen LogP contribution in [-0.4, -0.2) is 36.9 Å². The molecule has 0 aliphatic heterocycles. The molecule has 0 unspecified atom stereocenters. The van der Waals surface area contributed by atoms with Crippen LogP contribution in [0.25, 0.3) is 0 Å². The summed E-state index contributed by atoms with van der Waals surface area (Å²) >= 11 is 5.96. The zero-order valence-electron chi connectivity index (χ0n) is 15.6. The quantitative estimate of drug-likeness (QED) is 0.476. The van der Waals surface area contributed by atoms with E-state index in [-0.39, 0.29) is 29.3 Å². The summed E-state index contributed by atoms with van der Waals surface area (Å²) in [6.07, 6.45) is 0.833. The number of carbonyl (C=O) groups is 1. The third-order valence-electron chi connectivity index (χ3n) is 4.15. The van der Waals surface area contributed by atoms with Crippen LogP contribution in [0.5, 0.6) is 5.75 Å². The Morgan fingerprint density at radius 2 is 1.80 bits per heavy atom. The van der Waals surface area contributed by atoms with Crippen LogP contribution in [-0.2, 0) is 21.5 Å². The number of halogens is 1. The highest BCUT2D eigenvalue weighted by molar-refractivity contribution is 7.87. The molecule has 0 aliphatic rings. The molecular formula is C18H28ClNO4S. The van der Waals surface area contributed by atoms with Gasteiger partial charge in [-0.15, -0.1) is 11.6 Å². The molecule has 0 aliphatic carbocycles. The Labute approximate surface area is 156 Å². The summed E-state index contributed by atoms with van der Waals surface area (Å²) in [6.45, 7) is 9.68. The molecule has 0 bridgehead atoms. The van der Waals surface area contributed by atoms with Crippen molar-refractivity contribution in [3.63, 3.8) is 0 Å². The van der Waals surface area contributed by atoms with Crippen molar-refractivity contribution in [2.75, 3.05) is 11.6 Å². The zero-order valence-corrected chi connectivity index (χ0v) is 17.2. The van der Waals surface area contributed by atoms with Crippen LogP contribution in [0, 0.1) is 5.41 Å². The third-order valence-corrected chi connectivity index (χ3v) is 5.97. The van der Waals surface area contributed by atoms with Gasteiger partial charge in [-0.1, -0.05) is 19.1 Å². The van der Waals surface area contributed by atoms with Crippen molar-refractivity contribution in [2.45, 2.75) is 53.6 Å². The van der Waals surface area contributed by atoms with Gasteiger partial charge in [0.1, 0.15) is 5.75 Å². The third kappa shape index (κ3) is 6.19. The Hall–Kier alpha value is -1.27. The van der Waals surface area contributed by atoms with Gasteiger partial charge in [0.15, 0.2) is 0 Å². The average Bonchev–Trinajstić information content (AvgIpc) is 2.59. The lowest BCUT2D eigenvalue weighted by molar-refractivity contribution is -0.142. The van der Waals surface area contributed by atoms with Gasteiger partial charge in [-0.05, 0) is 51.8 Å². The van der Waals surface area contributed by atoms with Gasteiger partial charge in [-0.2, -0.15) is 8.42 Å². The smallest absolute Gasteiger partial charge is 0.308 e. The predicted octanol–water partition coefficient (Wildman–Crippen LogP) is 3.81. The monoisotopic (exact) mass is 389 g/mol. The van der Waals surface area contributed by atoms with Gasteiger partial charge >= 0.3 is 10.1 Å². The Balaban J connectivity index is 2.97. The molecule has 0 saturated heterocycles. The van der Waals surface area contributed by atoms with E-state index in [1.807, 2.05) is 32.6 Å². The van der Waals surface area contributed by atoms with Gasteiger partial charge < -0.3 is 9.08 Å². The molecule has 0 radical (unpaired) electrons. The number of carbonyl (C=O) groups excluding carboxylic acids is 1. The minimum atomic E-state index is -3.54. The van der Waals surface area contributed by atoms with Crippen molar-refractivity contribution in [1.29, 1.82) is 0 Å². The summed E-state index contributed by atoms with van der Waals surface area (Å²) in [4.78, 5) is 14.7. The highest BCUT2D eigenvalue weighted by Gasteiger charge is 2.33. The lowest BCUT2D eigenvalue weighted by Crippen LogP contribution is -2.45. The Kier molecular flexibility index (Phi) is 7.75. The van der Waals surface area contributed by atoms with E-state index < -0.39 is 15.5 Å². The van der Waals surface area contributed by atoms with Crippen molar-refractivity contribution in [3.8, 4) is 5.75 Å². The highest BCUT2D eigenvalue weighted by atomic mass is 35.5. The van der Waals surface area contributed by atoms with Crippen molar-refractivity contribution >= 4 is 27.6 Å². The first kappa shape index (κ1) is 21.8. The number of nitrogens with zero attached hydrogens (tertiary/aromatic N) is 1. The summed E-state index contributed by atoms with van der Waals surface area (Å²) < 4.78 is 28.0. The van der Waals surface area contributed by atoms with E-state index in [0.717, 1.165) is 12.0 Å². The lowest BCUT2D eigenvalue weighted by atomic mass is 9.93. The van der Waals surface area contributed by atoms with Gasteiger partial charge in [-0.25, -0.2) is 0 Å². The largest absolute Gasteiger partial charge is 0.382 e. The molecule has 0 spiro atoms. The lowest BCUT2D eigenvalue weighted by Gasteiger charge is -2.35. The summed E-state index contributed by atoms with van der Waals surface area (Å²) in [5, 5.41) is 0. The first-order valence-corrected chi connectivity index (χ1v) is 10.6. The number of benzene rings is 1. The van der Waals surface area contributed by atoms with Crippen molar-refractivity contribution in [2.24, 2.45) is 5.41 Å². The fraction of sp³-hybridized carbons (Fsp3) is 0.611. The van der Waals surface area contributed by atoms with Gasteiger partial charge in [0.25, 0.3) is 0 Å². The van der Waals surface area contributed by atoms with E-state index in [1.54, 1.807) is 24.3 Å². The van der Waals surface area contributed by atoms with Crippen LogP contribution in [0.4, 0.5) is 0 Å². The molecule has 1 amide bonds. The molecule has 0 saturated carbocycles. The second-order valence-corrected chi connectivity index (χ2v) is 8.91. The van der Waals surface area contributed by atoms with E-state index in [4.69, 9.17) is 15.8 Å². The van der Waals surface area contributed by atoms with Crippen LogP contribution in [0.2, 0.25) is 0 Å². The molecule has 5 nitrogen and oxygen atoms in total. The minimum absolute atomic E-state index is 0.00531. The molecule has 1 aromatic carbocycles. The fourth-order valence-corrected chi connectivity index (χ4v) is 2.78. The van der Waals surface area contributed by atoms with Crippen molar-refractivity contribution < 1.29 is 17.4 Å². The van der Waals surface area contributed by atoms with Crippen LogP contribution >= 0.6 is 11.6 Å². The van der Waals surface area contributed by atoms with E-state index in [2.05, 4.69) is 0 Å². The number of alkyl halides is 1.